The first kappa shape index (κ1) is 15.0. The number of aryl methyl sites for hydroxylation is 2. The van der Waals surface area contributed by atoms with E-state index < -0.39 is 0 Å². The van der Waals surface area contributed by atoms with E-state index >= 15 is 0 Å². The first-order valence-corrected chi connectivity index (χ1v) is 7.40. The van der Waals surface area contributed by atoms with Crippen LogP contribution in [-0.4, -0.2) is 20.4 Å². The molecule has 5 heteroatoms. The van der Waals surface area contributed by atoms with Crippen LogP contribution < -0.4 is 5.32 Å². The Morgan fingerprint density at radius 2 is 1.96 bits per heavy atom. The van der Waals surface area contributed by atoms with E-state index in [0.717, 1.165) is 11.4 Å². The van der Waals surface area contributed by atoms with Gasteiger partial charge < -0.3 is 9.88 Å². The van der Waals surface area contributed by atoms with Gasteiger partial charge in [-0.25, -0.2) is 4.98 Å². The minimum absolute atomic E-state index is 0.174. The van der Waals surface area contributed by atoms with Crippen LogP contribution in [0.1, 0.15) is 33.4 Å². The van der Waals surface area contributed by atoms with E-state index in [9.17, 15) is 4.79 Å². The van der Waals surface area contributed by atoms with Crippen molar-refractivity contribution in [2.75, 3.05) is 0 Å². The van der Waals surface area contributed by atoms with Crippen molar-refractivity contribution in [3.05, 3.63) is 83.7 Å². The molecule has 0 radical (unpaired) electrons. The summed E-state index contributed by atoms with van der Waals surface area (Å²) in [6, 6.07) is 11.3. The topological polar surface area (TPSA) is 59.8 Å². The van der Waals surface area contributed by atoms with Gasteiger partial charge in [0.1, 0.15) is 11.9 Å². The lowest BCUT2D eigenvalue weighted by atomic mass is 10.0. The second-order valence-corrected chi connectivity index (χ2v) is 5.46. The second-order valence-electron chi connectivity index (χ2n) is 5.46. The number of benzene rings is 1. The third kappa shape index (κ3) is 3.29. The second kappa shape index (κ2) is 6.44. The van der Waals surface area contributed by atoms with Crippen LogP contribution in [0.25, 0.3) is 0 Å². The van der Waals surface area contributed by atoms with Gasteiger partial charge in [-0.3, -0.25) is 9.78 Å². The van der Waals surface area contributed by atoms with Gasteiger partial charge >= 0.3 is 0 Å². The minimum atomic E-state index is -0.316. The molecule has 0 bridgehead atoms. The lowest BCUT2D eigenvalue weighted by Gasteiger charge is -2.19. The molecule has 1 atom stereocenters. The van der Waals surface area contributed by atoms with E-state index in [4.69, 9.17) is 0 Å². The Morgan fingerprint density at radius 1 is 1.17 bits per heavy atom. The summed E-state index contributed by atoms with van der Waals surface area (Å²) < 4.78 is 1.91. The normalized spacial score (nSPS) is 11.9. The monoisotopic (exact) mass is 306 g/mol. The molecule has 0 saturated carbocycles. The molecule has 0 aliphatic heterocycles. The van der Waals surface area contributed by atoms with Crippen LogP contribution in [-0.2, 0) is 7.05 Å². The van der Waals surface area contributed by atoms with Gasteiger partial charge in [-0.05, 0) is 24.6 Å². The van der Waals surface area contributed by atoms with Gasteiger partial charge in [0.05, 0.1) is 5.56 Å². The standard InChI is InChI=1S/C18H18N4O/c1-13-5-7-14(8-6-13)16(17-20-10-11-22(17)2)21-18(23)15-4-3-9-19-12-15/h3-12,16H,1-2H3,(H,21,23). The molecule has 1 N–H and O–H groups in total. The van der Waals surface area contributed by atoms with Crippen molar-refractivity contribution in [2.24, 2.45) is 7.05 Å². The van der Waals surface area contributed by atoms with Crippen molar-refractivity contribution in [1.82, 2.24) is 19.9 Å². The van der Waals surface area contributed by atoms with Gasteiger partial charge in [-0.1, -0.05) is 29.8 Å². The molecular formula is C18H18N4O. The summed E-state index contributed by atoms with van der Waals surface area (Å²) in [5.41, 5.74) is 2.69. The number of pyridine rings is 1. The maximum atomic E-state index is 12.5. The molecule has 0 fully saturated rings. The highest BCUT2D eigenvalue weighted by molar-refractivity contribution is 5.94. The van der Waals surface area contributed by atoms with Crippen molar-refractivity contribution >= 4 is 5.91 Å². The van der Waals surface area contributed by atoms with Gasteiger partial charge in [0.25, 0.3) is 5.91 Å². The first-order chi connectivity index (χ1) is 11.1. The highest BCUT2D eigenvalue weighted by Crippen LogP contribution is 2.21. The lowest BCUT2D eigenvalue weighted by Crippen LogP contribution is -2.31. The number of nitrogens with zero attached hydrogens (tertiary/aromatic N) is 3. The third-order valence-corrected chi connectivity index (χ3v) is 3.73. The molecule has 2 aromatic heterocycles. The zero-order chi connectivity index (χ0) is 16.2. The van der Waals surface area contributed by atoms with Gasteiger partial charge in [0, 0.05) is 31.8 Å². The van der Waals surface area contributed by atoms with Crippen LogP contribution >= 0.6 is 0 Å². The van der Waals surface area contributed by atoms with Crippen LogP contribution in [0.5, 0.6) is 0 Å². The summed E-state index contributed by atoms with van der Waals surface area (Å²) in [6.45, 7) is 2.04. The molecule has 0 aliphatic rings. The Hall–Kier alpha value is -2.95. The van der Waals surface area contributed by atoms with Crippen LogP contribution in [0.3, 0.4) is 0 Å². The van der Waals surface area contributed by atoms with E-state index in [1.807, 2.05) is 49.0 Å². The quantitative estimate of drug-likeness (QED) is 0.806. The number of hydrogen-bond acceptors (Lipinski definition) is 3. The summed E-state index contributed by atoms with van der Waals surface area (Å²) >= 11 is 0. The number of hydrogen-bond donors (Lipinski definition) is 1. The van der Waals surface area contributed by atoms with E-state index in [1.54, 1.807) is 30.7 Å². The maximum absolute atomic E-state index is 12.5. The van der Waals surface area contributed by atoms with Gasteiger partial charge in [0.2, 0.25) is 0 Å². The van der Waals surface area contributed by atoms with Crippen molar-refractivity contribution in [2.45, 2.75) is 13.0 Å². The number of imidazole rings is 1. The van der Waals surface area contributed by atoms with Gasteiger partial charge in [0.15, 0.2) is 0 Å². The van der Waals surface area contributed by atoms with Crippen molar-refractivity contribution in [3.63, 3.8) is 0 Å². The minimum Gasteiger partial charge on any atom is -0.338 e. The number of carbonyl (C=O) groups excluding carboxylic acids is 1. The van der Waals surface area contributed by atoms with E-state index in [2.05, 4.69) is 15.3 Å². The third-order valence-electron chi connectivity index (χ3n) is 3.73. The summed E-state index contributed by atoms with van der Waals surface area (Å²) in [7, 11) is 1.92. The predicted molar refractivity (Wildman–Crippen MR) is 87.9 cm³/mol. The molecule has 23 heavy (non-hydrogen) atoms. The van der Waals surface area contributed by atoms with Crippen LogP contribution in [0.2, 0.25) is 0 Å². The molecule has 1 amide bonds. The highest BCUT2D eigenvalue weighted by atomic mass is 16.1. The van der Waals surface area contributed by atoms with Crippen LogP contribution in [0, 0.1) is 6.92 Å². The molecular weight excluding hydrogens is 288 g/mol. The fourth-order valence-corrected chi connectivity index (χ4v) is 2.42. The van der Waals surface area contributed by atoms with Gasteiger partial charge in [-0.2, -0.15) is 0 Å². The maximum Gasteiger partial charge on any atom is 0.253 e. The smallest absolute Gasteiger partial charge is 0.253 e. The fourth-order valence-electron chi connectivity index (χ4n) is 2.42. The highest BCUT2D eigenvalue weighted by Gasteiger charge is 2.21. The Kier molecular flexibility index (Phi) is 4.19. The Bertz CT molecular complexity index is 793. The zero-order valence-corrected chi connectivity index (χ0v) is 13.1. The van der Waals surface area contributed by atoms with E-state index in [-0.39, 0.29) is 11.9 Å². The molecule has 1 aromatic carbocycles. The largest absolute Gasteiger partial charge is 0.338 e. The van der Waals surface area contributed by atoms with Gasteiger partial charge in [-0.15, -0.1) is 0 Å². The van der Waals surface area contributed by atoms with Crippen molar-refractivity contribution in [1.29, 1.82) is 0 Å². The van der Waals surface area contributed by atoms with Crippen LogP contribution in [0.4, 0.5) is 0 Å². The molecule has 2 heterocycles. The number of nitrogens with one attached hydrogen (secondary N) is 1. The molecule has 0 aliphatic carbocycles. The molecule has 5 nitrogen and oxygen atoms in total. The average molecular weight is 306 g/mol. The summed E-state index contributed by atoms with van der Waals surface area (Å²) in [5, 5.41) is 3.05. The molecule has 0 spiro atoms. The SMILES string of the molecule is Cc1ccc(C(NC(=O)c2cccnc2)c2nccn2C)cc1. The van der Waals surface area contributed by atoms with Crippen molar-refractivity contribution < 1.29 is 4.79 Å². The Balaban J connectivity index is 1.94. The lowest BCUT2D eigenvalue weighted by molar-refractivity contribution is 0.0941. The van der Waals surface area contributed by atoms with Crippen molar-refractivity contribution in [3.8, 4) is 0 Å². The predicted octanol–water partition coefficient (Wildman–Crippen LogP) is 2.64. The number of rotatable bonds is 4. The van der Waals surface area contributed by atoms with Crippen LogP contribution in [0.15, 0.2) is 61.2 Å². The van der Waals surface area contributed by atoms with E-state index in [0.29, 0.717) is 5.56 Å². The molecule has 1 unspecified atom stereocenters. The Morgan fingerprint density at radius 3 is 2.57 bits per heavy atom. The number of amides is 1. The molecule has 3 rings (SSSR count). The summed E-state index contributed by atoms with van der Waals surface area (Å²) in [4.78, 5) is 20.9. The summed E-state index contributed by atoms with van der Waals surface area (Å²) in [5.74, 6) is 0.609. The zero-order valence-electron chi connectivity index (χ0n) is 13.1. The fraction of sp³-hybridized carbons (Fsp3) is 0.167. The first-order valence-electron chi connectivity index (χ1n) is 7.40. The molecule has 3 aromatic rings. The summed E-state index contributed by atoms with van der Waals surface area (Å²) in [6.07, 6.45) is 6.80. The molecule has 0 saturated heterocycles. The molecule has 116 valence electrons. The Labute approximate surface area is 135 Å². The average Bonchev–Trinajstić information content (AvgIpc) is 3.00. The number of aromatic nitrogens is 3. The number of carbonyl (C=O) groups is 1. The van der Waals surface area contributed by atoms with E-state index in [1.165, 1.54) is 5.56 Å².